The summed E-state index contributed by atoms with van der Waals surface area (Å²) in [5.41, 5.74) is 8.11. The number of hydrogen-bond acceptors (Lipinski definition) is 2. The first-order valence-corrected chi connectivity index (χ1v) is 7.26. The van der Waals surface area contributed by atoms with Crippen molar-refractivity contribution in [2.75, 3.05) is 6.54 Å². The predicted octanol–water partition coefficient (Wildman–Crippen LogP) is 2.84. The molecule has 0 heterocycles. The number of carbonyl (C=O) groups is 1. The largest absolute Gasteiger partial charge is 0.481 e. The molecule has 0 radical (unpaired) electrons. The molecule has 0 saturated heterocycles. The molecule has 1 fully saturated rings. The second-order valence-electron chi connectivity index (χ2n) is 5.64. The third kappa shape index (κ3) is 2.34. The van der Waals surface area contributed by atoms with Gasteiger partial charge in [0.05, 0.1) is 5.92 Å². The highest BCUT2D eigenvalue weighted by atomic mass is 16.4. The van der Waals surface area contributed by atoms with Crippen molar-refractivity contribution in [3.63, 3.8) is 0 Å². The molecule has 0 spiro atoms. The van der Waals surface area contributed by atoms with E-state index in [0.717, 1.165) is 11.1 Å². The fourth-order valence-corrected chi connectivity index (χ4v) is 3.69. The van der Waals surface area contributed by atoms with Gasteiger partial charge >= 0.3 is 5.97 Å². The minimum absolute atomic E-state index is 0.00101. The number of carboxylic acid groups (broad SMARTS) is 1. The summed E-state index contributed by atoms with van der Waals surface area (Å²) in [7, 11) is 0. The Kier molecular flexibility index (Phi) is 3.76. The second-order valence-corrected chi connectivity index (χ2v) is 5.64. The average molecular weight is 281 g/mol. The number of carboxylic acids is 1. The Morgan fingerprint density at radius 3 is 1.67 bits per heavy atom. The fourth-order valence-electron chi connectivity index (χ4n) is 3.69. The van der Waals surface area contributed by atoms with Crippen molar-refractivity contribution in [3.8, 4) is 0 Å². The topological polar surface area (TPSA) is 63.3 Å². The van der Waals surface area contributed by atoms with Crippen molar-refractivity contribution in [2.24, 2.45) is 17.6 Å². The molecule has 108 valence electrons. The maximum absolute atomic E-state index is 11.8. The highest BCUT2D eigenvalue weighted by Gasteiger charge is 2.54. The van der Waals surface area contributed by atoms with Crippen LogP contribution in [0.4, 0.5) is 0 Å². The van der Waals surface area contributed by atoms with Crippen LogP contribution in [0.25, 0.3) is 0 Å². The van der Waals surface area contributed by atoms with Gasteiger partial charge in [0.15, 0.2) is 0 Å². The fraction of sp³-hybridized carbons (Fsp3) is 0.278. The molecule has 3 nitrogen and oxygen atoms in total. The minimum atomic E-state index is -0.734. The van der Waals surface area contributed by atoms with Gasteiger partial charge in [0.2, 0.25) is 0 Å². The highest BCUT2D eigenvalue weighted by Crippen LogP contribution is 2.56. The van der Waals surface area contributed by atoms with Gasteiger partial charge in [-0.05, 0) is 23.6 Å². The molecule has 0 aromatic heterocycles. The van der Waals surface area contributed by atoms with E-state index in [2.05, 4.69) is 0 Å². The summed E-state index contributed by atoms with van der Waals surface area (Å²) >= 11 is 0. The summed E-state index contributed by atoms with van der Waals surface area (Å²) in [5, 5.41) is 9.67. The highest BCUT2D eigenvalue weighted by molar-refractivity contribution is 5.75. The van der Waals surface area contributed by atoms with E-state index in [1.807, 2.05) is 60.7 Å². The van der Waals surface area contributed by atoms with Crippen LogP contribution in [0.15, 0.2) is 60.7 Å². The van der Waals surface area contributed by atoms with Crippen molar-refractivity contribution in [1.29, 1.82) is 0 Å². The Morgan fingerprint density at radius 2 is 1.33 bits per heavy atom. The van der Waals surface area contributed by atoms with E-state index < -0.39 is 11.9 Å². The molecular weight excluding hydrogens is 262 g/mol. The molecule has 0 bridgehead atoms. The van der Waals surface area contributed by atoms with Gasteiger partial charge in [-0.15, -0.1) is 0 Å². The molecule has 0 amide bonds. The Hall–Kier alpha value is -2.13. The van der Waals surface area contributed by atoms with Crippen molar-refractivity contribution < 1.29 is 9.90 Å². The van der Waals surface area contributed by atoms with E-state index in [9.17, 15) is 9.90 Å². The lowest BCUT2D eigenvalue weighted by Gasteiger charge is -2.50. The van der Waals surface area contributed by atoms with Crippen LogP contribution in [0.3, 0.4) is 0 Å². The number of benzene rings is 2. The van der Waals surface area contributed by atoms with Crippen LogP contribution < -0.4 is 5.73 Å². The zero-order valence-corrected chi connectivity index (χ0v) is 11.7. The number of aliphatic carboxylic acids is 1. The molecule has 1 aliphatic rings. The minimum Gasteiger partial charge on any atom is -0.481 e. The van der Waals surface area contributed by atoms with Gasteiger partial charge in [-0.1, -0.05) is 60.7 Å². The van der Waals surface area contributed by atoms with Gasteiger partial charge in [0.25, 0.3) is 0 Å². The standard InChI is InChI=1S/C18H19NO2/c19-11-14-15(12-7-3-1-4-8-12)17(18(20)21)16(14)13-9-5-2-6-10-13/h1-10,14-17H,11,19H2,(H,20,21)/t14?,15-,16-,17?/m1/s1. The van der Waals surface area contributed by atoms with Crippen LogP contribution in [0.5, 0.6) is 0 Å². The first-order chi connectivity index (χ1) is 10.2. The molecule has 0 unspecified atom stereocenters. The normalized spacial score (nSPS) is 27.9. The van der Waals surface area contributed by atoms with E-state index in [0.29, 0.717) is 6.54 Å². The first-order valence-electron chi connectivity index (χ1n) is 7.26. The number of hydrogen-bond donors (Lipinski definition) is 2. The van der Waals surface area contributed by atoms with Crippen LogP contribution in [-0.4, -0.2) is 17.6 Å². The third-order valence-corrected chi connectivity index (χ3v) is 4.62. The Morgan fingerprint density at radius 1 is 0.905 bits per heavy atom. The quantitative estimate of drug-likeness (QED) is 0.905. The molecule has 0 aliphatic heterocycles. The number of nitrogens with two attached hydrogens (primary N) is 1. The SMILES string of the molecule is NCC1[C@@H](c2ccccc2)C(C(=O)O)[C@@H]1c1ccccc1. The lowest BCUT2D eigenvalue weighted by atomic mass is 9.52. The molecule has 2 atom stereocenters. The van der Waals surface area contributed by atoms with Gasteiger partial charge in [0, 0.05) is 11.8 Å². The monoisotopic (exact) mass is 281 g/mol. The summed E-state index contributed by atoms with van der Waals surface area (Å²) in [6.07, 6.45) is 0. The van der Waals surface area contributed by atoms with E-state index in [4.69, 9.17) is 5.73 Å². The first kappa shape index (κ1) is 13.8. The molecule has 2 aromatic rings. The lowest BCUT2D eigenvalue weighted by molar-refractivity contribution is -0.149. The molecule has 1 aliphatic carbocycles. The molecule has 3 N–H and O–H groups in total. The number of rotatable bonds is 4. The summed E-state index contributed by atoms with van der Waals surface area (Å²) in [4.78, 5) is 11.8. The van der Waals surface area contributed by atoms with Gasteiger partial charge in [-0.25, -0.2) is 0 Å². The van der Waals surface area contributed by atoms with Crippen LogP contribution in [0.2, 0.25) is 0 Å². The summed E-state index contributed by atoms with van der Waals surface area (Å²) in [5.74, 6) is -0.959. The molecule has 3 heteroatoms. The van der Waals surface area contributed by atoms with Crippen LogP contribution in [-0.2, 0) is 4.79 Å². The van der Waals surface area contributed by atoms with Crippen molar-refractivity contribution >= 4 is 5.97 Å². The average Bonchev–Trinajstić information content (AvgIpc) is 2.48. The van der Waals surface area contributed by atoms with E-state index in [1.165, 1.54) is 0 Å². The van der Waals surface area contributed by atoms with E-state index in [1.54, 1.807) is 0 Å². The summed E-state index contributed by atoms with van der Waals surface area (Å²) < 4.78 is 0. The predicted molar refractivity (Wildman–Crippen MR) is 82.0 cm³/mol. The smallest absolute Gasteiger partial charge is 0.307 e. The second kappa shape index (κ2) is 5.70. The zero-order valence-electron chi connectivity index (χ0n) is 11.7. The van der Waals surface area contributed by atoms with E-state index in [-0.39, 0.29) is 17.8 Å². The zero-order chi connectivity index (χ0) is 14.8. The maximum Gasteiger partial charge on any atom is 0.307 e. The molecule has 3 rings (SSSR count). The van der Waals surface area contributed by atoms with Gasteiger partial charge in [-0.3, -0.25) is 4.79 Å². The maximum atomic E-state index is 11.8. The molecular formula is C18H19NO2. The Balaban J connectivity index is 1.98. The van der Waals surface area contributed by atoms with Gasteiger partial charge < -0.3 is 10.8 Å². The van der Waals surface area contributed by atoms with E-state index >= 15 is 0 Å². The molecule has 2 aromatic carbocycles. The third-order valence-electron chi connectivity index (χ3n) is 4.62. The lowest BCUT2D eigenvalue weighted by Crippen LogP contribution is -2.50. The van der Waals surface area contributed by atoms with Crippen LogP contribution in [0.1, 0.15) is 23.0 Å². The van der Waals surface area contributed by atoms with Crippen LogP contribution >= 0.6 is 0 Å². The van der Waals surface area contributed by atoms with Crippen LogP contribution in [0, 0.1) is 11.8 Å². The van der Waals surface area contributed by atoms with Crippen molar-refractivity contribution in [1.82, 2.24) is 0 Å². The van der Waals surface area contributed by atoms with Crippen molar-refractivity contribution in [3.05, 3.63) is 71.8 Å². The Bertz CT molecular complexity index is 564. The van der Waals surface area contributed by atoms with Gasteiger partial charge in [-0.2, -0.15) is 0 Å². The molecule has 1 saturated carbocycles. The molecule has 21 heavy (non-hydrogen) atoms. The van der Waals surface area contributed by atoms with Gasteiger partial charge in [0.1, 0.15) is 0 Å². The summed E-state index contributed by atoms with van der Waals surface area (Å²) in [6, 6.07) is 19.7. The Labute approximate surface area is 124 Å². The van der Waals surface area contributed by atoms with Crippen molar-refractivity contribution in [2.45, 2.75) is 11.8 Å². The summed E-state index contributed by atoms with van der Waals surface area (Å²) in [6.45, 7) is 0.503.